The van der Waals surface area contributed by atoms with Crippen molar-refractivity contribution in [2.24, 2.45) is 11.8 Å². The Morgan fingerprint density at radius 1 is 1.24 bits per heavy atom. The Balaban J connectivity index is 2.67. The fourth-order valence-corrected chi connectivity index (χ4v) is 2.01. The van der Waals surface area contributed by atoms with Crippen LogP contribution in [0.2, 0.25) is 0 Å². The average Bonchev–Trinajstić information content (AvgIpc) is 2.73. The standard InChI is InChI=1S/C14H27N3/c1-10(2)12(5)14(15-6)9-13-7-8-17(16-13)11(3)4/h7-8,10-12,14-15H,9H2,1-6H3. The number of aromatic nitrogens is 2. The van der Waals surface area contributed by atoms with Gasteiger partial charge in [-0.1, -0.05) is 20.8 Å². The molecule has 98 valence electrons. The van der Waals surface area contributed by atoms with Crippen LogP contribution in [0, 0.1) is 11.8 Å². The van der Waals surface area contributed by atoms with Crippen LogP contribution >= 0.6 is 0 Å². The minimum absolute atomic E-state index is 0.444. The Morgan fingerprint density at radius 3 is 2.29 bits per heavy atom. The molecular weight excluding hydrogens is 210 g/mol. The van der Waals surface area contributed by atoms with Gasteiger partial charge in [0.05, 0.1) is 5.69 Å². The van der Waals surface area contributed by atoms with Crippen LogP contribution in [0.1, 0.15) is 46.4 Å². The van der Waals surface area contributed by atoms with Crippen molar-refractivity contribution >= 4 is 0 Å². The number of likely N-dealkylation sites (N-methyl/N-ethyl adjacent to an activating group) is 1. The Hall–Kier alpha value is -0.830. The van der Waals surface area contributed by atoms with Crippen LogP contribution in [0.5, 0.6) is 0 Å². The zero-order chi connectivity index (χ0) is 13.0. The van der Waals surface area contributed by atoms with Crippen molar-refractivity contribution in [3.8, 4) is 0 Å². The molecule has 0 aliphatic carbocycles. The molecule has 3 nitrogen and oxygen atoms in total. The summed E-state index contributed by atoms with van der Waals surface area (Å²) in [6.45, 7) is 11.2. The summed E-state index contributed by atoms with van der Waals surface area (Å²) < 4.78 is 2.03. The van der Waals surface area contributed by atoms with E-state index in [0.29, 0.717) is 23.9 Å². The Labute approximate surface area is 106 Å². The number of hydrogen-bond acceptors (Lipinski definition) is 2. The molecule has 17 heavy (non-hydrogen) atoms. The molecule has 1 N–H and O–H groups in total. The molecule has 1 heterocycles. The summed E-state index contributed by atoms with van der Waals surface area (Å²) in [4.78, 5) is 0. The van der Waals surface area contributed by atoms with Crippen LogP contribution in [-0.2, 0) is 6.42 Å². The molecule has 1 aromatic heterocycles. The molecule has 1 aromatic rings. The minimum Gasteiger partial charge on any atom is -0.316 e. The maximum Gasteiger partial charge on any atom is 0.0640 e. The van der Waals surface area contributed by atoms with E-state index in [9.17, 15) is 0 Å². The topological polar surface area (TPSA) is 29.9 Å². The van der Waals surface area contributed by atoms with Gasteiger partial charge in [0.2, 0.25) is 0 Å². The van der Waals surface area contributed by atoms with Crippen molar-refractivity contribution in [1.82, 2.24) is 15.1 Å². The first-order valence-electron chi connectivity index (χ1n) is 6.67. The Morgan fingerprint density at radius 2 is 1.88 bits per heavy atom. The largest absolute Gasteiger partial charge is 0.316 e. The predicted molar refractivity (Wildman–Crippen MR) is 73.2 cm³/mol. The van der Waals surface area contributed by atoms with Gasteiger partial charge in [-0.3, -0.25) is 4.68 Å². The van der Waals surface area contributed by atoms with E-state index in [1.54, 1.807) is 0 Å². The van der Waals surface area contributed by atoms with Crippen LogP contribution in [0.25, 0.3) is 0 Å². The van der Waals surface area contributed by atoms with Gasteiger partial charge in [-0.25, -0.2) is 0 Å². The van der Waals surface area contributed by atoms with Gasteiger partial charge in [-0.15, -0.1) is 0 Å². The average molecular weight is 237 g/mol. The van der Waals surface area contributed by atoms with E-state index in [4.69, 9.17) is 0 Å². The lowest BCUT2D eigenvalue weighted by molar-refractivity contribution is 0.307. The number of rotatable bonds is 6. The second kappa shape index (κ2) is 6.20. The van der Waals surface area contributed by atoms with Gasteiger partial charge >= 0.3 is 0 Å². The van der Waals surface area contributed by atoms with E-state index in [1.807, 2.05) is 11.7 Å². The summed E-state index contributed by atoms with van der Waals surface area (Å²) in [7, 11) is 2.04. The maximum absolute atomic E-state index is 4.62. The van der Waals surface area contributed by atoms with Crippen molar-refractivity contribution in [3.05, 3.63) is 18.0 Å². The zero-order valence-corrected chi connectivity index (χ0v) is 12.1. The number of nitrogens with one attached hydrogen (secondary N) is 1. The summed E-state index contributed by atoms with van der Waals surface area (Å²) in [5.41, 5.74) is 1.19. The minimum atomic E-state index is 0.444. The van der Waals surface area contributed by atoms with Crippen LogP contribution in [0.3, 0.4) is 0 Å². The molecule has 0 saturated carbocycles. The third-order valence-electron chi connectivity index (χ3n) is 3.68. The van der Waals surface area contributed by atoms with Crippen LogP contribution in [-0.4, -0.2) is 22.9 Å². The summed E-state index contributed by atoms with van der Waals surface area (Å²) in [5.74, 6) is 1.35. The molecule has 0 saturated heterocycles. The molecular formula is C14H27N3. The second-order valence-electron chi connectivity index (χ2n) is 5.58. The lowest BCUT2D eigenvalue weighted by Crippen LogP contribution is -2.36. The fourth-order valence-electron chi connectivity index (χ4n) is 2.01. The molecule has 2 atom stereocenters. The van der Waals surface area contributed by atoms with Crippen molar-refractivity contribution < 1.29 is 0 Å². The molecule has 0 spiro atoms. The molecule has 2 unspecified atom stereocenters. The van der Waals surface area contributed by atoms with Crippen LogP contribution in [0.15, 0.2) is 12.3 Å². The highest BCUT2D eigenvalue weighted by molar-refractivity contribution is 5.02. The maximum atomic E-state index is 4.62. The summed E-state index contributed by atoms with van der Waals surface area (Å²) in [5, 5.41) is 8.04. The fraction of sp³-hybridized carbons (Fsp3) is 0.786. The van der Waals surface area contributed by atoms with Crippen molar-refractivity contribution in [2.45, 2.75) is 53.1 Å². The Bertz CT molecular complexity index is 328. The quantitative estimate of drug-likeness (QED) is 0.824. The third kappa shape index (κ3) is 3.84. The highest BCUT2D eigenvalue weighted by Crippen LogP contribution is 2.17. The first kappa shape index (κ1) is 14.2. The summed E-state index contributed by atoms with van der Waals surface area (Å²) >= 11 is 0. The third-order valence-corrected chi connectivity index (χ3v) is 3.68. The van der Waals surface area contributed by atoms with Crippen molar-refractivity contribution in [3.63, 3.8) is 0 Å². The van der Waals surface area contributed by atoms with E-state index in [0.717, 1.165) is 6.42 Å². The number of nitrogens with zero attached hydrogens (tertiary/aromatic N) is 2. The van der Waals surface area contributed by atoms with E-state index in [-0.39, 0.29) is 0 Å². The van der Waals surface area contributed by atoms with Gasteiger partial charge in [-0.05, 0) is 38.8 Å². The first-order chi connectivity index (χ1) is 7.95. The van der Waals surface area contributed by atoms with Gasteiger partial charge in [0.25, 0.3) is 0 Å². The number of hydrogen-bond donors (Lipinski definition) is 1. The van der Waals surface area contributed by atoms with Gasteiger partial charge < -0.3 is 5.32 Å². The second-order valence-corrected chi connectivity index (χ2v) is 5.58. The van der Waals surface area contributed by atoms with Crippen LogP contribution < -0.4 is 5.32 Å². The molecule has 0 radical (unpaired) electrons. The van der Waals surface area contributed by atoms with Crippen molar-refractivity contribution in [1.29, 1.82) is 0 Å². The molecule has 0 aromatic carbocycles. The molecule has 0 bridgehead atoms. The zero-order valence-electron chi connectivity index (χ0n) is 12.1. The van der Waals surface area contributed by atoms with E-state index < -0.39 is 0 Å². The lowest BCUT2D eigenvalue weighted by Gasteiger charge is -2.26. The van der Waals surface area contributed by atoms with E-state index in [2.05, 4.69) is 57.3 Å². The first-order valence-corrected chi connectivity index (χ1v) is 6.67. The molecule has 0 aliphatic rings. The Kier molecular flexibility index (Phi) is 5.19. The van der Waals surface area contributed by atoms with Gasteiger partial charge in [-0.2, -0.15) is 5.10 Å². The molecule has 0 fully saturated rings. The van der Waals surface area contributed by atoms with Crippen molar-refractivity contribution in [2.75, 3.05) is 7.05 Å². The van der Waals surface area contributed by atoms with E-state index in [1.165, 1.54) is 5.69 Å². The molecule has 0 aliphatic heterocycles. The molecule has 1 rings (SSSR count). The molecule has 0 amide bonds. The SMILES string of the molecule is CNC(Cc1ccn(C(C)C)n1)C(C)C(C)C. The van der Waals surface area contributed by atoms with Gasteiger partial charge in [0, 0.05) is 24.7 Å². The van der Waals surface area contributed by atoms with Gasteiger partial charge in [0.1, 0.15) is 0 Å². The lowest BCUT2D eigenvalue weighted by atomic mass is 9.88. The smallest absolute Gasteiger partial charge is 0.0640 e. The van der Waals surface area contributed by atoms with E-state index >= 15 is 0 Å². The van der Waals surface area contributed by atoms with Gasteiger partial charge in [0.15, 0.2) is 0 Å². The molecule has 3 heteroatoms. The monoisotopic (exact) mass is 237 g/mol. The highest BCUT2D eigenvalue weighted by atomic mass is 15.3. The normalized spacial score (nSPS) is 15.5. The summed E-state index contributed by atoms with van der Waals surface area (Å²) in [6, 6.07) is 3.09. The summed E-state index contributed by atoms with van der Waals surface area (Å²) in [6.07, 6.45) is 3.09. The highest BCUT2D eigenvalue weighted by Gasteiger charge is 2.19. The van der Waals surface area contributed by atoms with Crippen LogP contribution in [0.4, 0.5) is 0 Å². The predicted octanol–water partition coefficient (Wildman–Crippen LogP) is 2.89.